The van der Waals surface area contributed by atoms with Crippen LogP contribution in [-0.2, 0) is 10.5 Å². The van der Waals surface area contributed by atoms with Gasteiger partial charge in [-0.25, -0.2) is 0 Å². The molecule has 1 amide bonds. The molecule has 0 aliphatic carbocycles. The van der Waals surface area contributed by atoms with Crippen LogP contribution in [-0.4, -0.2) is 11.7 Å². The van der Waals surface area contributed by atoms with Crippen LogP contribution < -0.4 is 5.32 Å². The zero-order valence-electron chi connectivity index (χ0n) is 14.1. The van der Waals surface area contributed by atoms with Gasteiger partial charge in [-0.1, -0.05) is 54.1 Å². The highest BCUT2D eigenvalue weighted by Gasteiger charge is 2.11. The molecule has 0 radical (unpaired) electrons. The lowest BCUT2D eigenvalue weighted by Gasteiger charge is -2.17. The maximum atomic E-state index is 12.1. The van der Waals surface area contributed by atoms with Gasteiger partial charge < -0.3 is 5.32 Å². The predicted octanol–water partition coefficient (Wildman–Crippen LogP) is 4.80. The number of aryl methyl sites for hydroxylation is 2. The molecule has 0 fully saturated rings. The molecule has 0 saturated heterocycles. The molecule has 122 valence electrons. The molecule has 0 bridgehead atoms. The van der Waals surface area contributed by atoms with E-state index in [0.29, 0.717) is 6.42 Å². The number of nitrogens with one attached hydrogen (secondary N) is 1. The van der Waals surface area contributed by atoms with Crippen molar-refractivity contribution in [3.05, 3.63) is 70.8 Å². The summed E-state index contributed by atoms with van der Waals surface area (Å²) >= 11 is 1.80. The van der Waals surface area contributed by atoms with Crippen molar-refractivity contribution in [2.45, 2.75) is 39.0 Å². The monoisotopic (exact) mass is 327 g/mol. The summed E-state index contributed by atoms with van der Waals surface area (Å²) in [6.45, 7) is 6.22. The molecule has 2 nitrogen and oxygen atoms in total. The largest absolute Gasteiger partial charge is 0.350 e. The van der Waals surface area contributed by atoms with Crippen molar-refractivity contribution < 1.29 is 4.79 Å². The van der Waals surface area contributed by atoms with E-state index in [2.05, 4.69) is 68.6 Å². The lowest BCUT2D eigenvalue weighted by atomic mass is 10.00. The average molecular weight is 327 g/mol. The van der Waals surface area contributed by atoms with Crippen molar-refractivity contribution in [1.29, 1.82) is 0 Å². The van der Waals surface area contributed by atoms with Crippen molar-refractivity contribution in [3.8, 4) is 0 Å². The summed E-state index contributed by atoms with van der Waals surface area (Å²) in [7, 11) is 0. The Morgan fingerprint density at radius 3 is 2.61 bits per heavy atom. The van der Waals surface area contributed by atoms with E-state index in [1.54, 1.807) is 11.8 Å². The van der Waals surface area contributed by atoms with E-state index >= 15 is 0 Å². The van der Waals surface area contributed by atoms with Crippen LogP contribution in [0.5, 0.6) is 0 Å². The number of amides is 1. The summed E-state index contributed by atoms with van der Waals surface area (Å²) in [6.07, 6.45) is 0.562. The first-order valence-electron chi connectivity index (χ1n) is 8.04. The van der Waals surface area contributed by atoms with E-state index in [1.807, 2.05) is 6.07 Å². The van der Waals surface area contributed by atoms with Gasteiger partial charge in [-0.05, 0) is 37.5 Å². The minimum atomic E-state index is 0.0570. The average Bonchev–Trinajstić information content (AvgIpc) is 2.54. The number of hydrogen-bond acceptors (Lipinski definition) is 2. The Bertz CT molecular complexity index is 639. The van der Waals surface area contributed by atoms with E-state index in [-0.39, 0.29) is 11.9 Å². The highest BCUT2D eigenvalue weighted by atomic mass is 32.2. The van der Waals surface area contributed by atoms with Gasteiger partial charge in [0.15, 0.2) is 0 Å². The smallest absolute Gasteiger partial charge is 0.221 e. The lowest BCUT2D eigenvalue weighted by Crippen LogP contribution is -2.27. The summed E-state index contributed by atoms with van der Waals surface area (Å²) in [4.78, 5) is 12.1. The molecule has 0 spiro atoms. The van der Waals surface area contributed by atoms with Crippen LogP contribution >= 0.6 is 11.8 Å². The molecule has 0 aromatic heterocycles. The highest BCUT2D eigenvalue weighted by molar-refractivity contribution is 7.98. The van der Waals surface area contributed by atoms with Gasteiger partial charge in [0.1, 0.15) is 0 Å². The van der Waals surface area contributed by atoms with E-state index in [9.17, 15) is 4.79 Å². The van der Waals surface area contributed by atoms with Crippen LogP contribution in [0.2, 0.25) is 0 Å². The molecule has 2 rings (SSSR count). The van der Waals surface area contributed by atoms with Crippen molar-refractivity contribution >= 4 is 17.7 Å². The summed E-state index contributed by atoms with van der Waals surface area (Å²) in [5.41, 5.74) is 4.96. The summed E-state index contributed by atoms with van der Waals surface area (Å²) in [5, 5.41) is 3.11. The first-order valence-corrected chi connectivity index (χ1v) is 9.20. The molecule has 1 atom stereocenters. The van der Waals surface area contributed by atoms with Crippen LogP contribution in [0.3, 0.4) is 0 Å². The lowest BCUT2D eigenvalue weighted by molar-refractivity contribution is -0.121. The Morgan fingerprint density at radius 2 is 1.87 bits per heavy atom. The normalized spacial score (nSPS) is 12.0. The second kappa shape index (κ2) is 8.78. The number of carbonyl (C=O) groups excluding carboxylic acids is 1. The van der Waals surface area contributed by atoms with Crippen LogP contribution in [0, 0.1) is 13.8 Å². The molecule has 3 heteroatoms. The Kier molecular flexibility index (Phi) is 6.72. The maximum Gasteiger partial charge on any atom is 0.221 e. The quantitative estimate of drug-likeness (QED) is 0.740. The SMILES string of the molecule is Cc1ccc(C)c([C@@H](C)NC(=O)CCSCc2ccccc2)c1. The fraction of sp³-hybridized carbons (Fsp3) is 0.350. The van der Waals surface area contributed by atoms with Crippen LogP contribution in [0.4, 0.5) is 0 Å². The maximum absolute atomic E-state index is 12.1. The highest BCUT2D eigenvalue weighted by Crippen LogP contribution is 2.19. The molecular weight excluding hydrogens is 302 g/mol. The van der Waals surface area contributed by atoms with E-state index in [0.717, 1.165) is 11.5 Å². The number of thioether (sulfide) groups is 1. The number of rotatable bonds is 7. The van der Waals surface area contributed by atoms with Gasteiger partial charge in [-0.15, -0.1) is 0 Å². The van der Waals surface area contributed by atoms with Gasteiger partial charge >= 0.3 is 0 Å². The second-order valence-electron chi connectivity index (χ2n) is 5.94. The molecular formula is C20H25NOS. The number of carbonyl (C=O) groups is 1. The van der Waals surface area contributed by atoms with Gasteiger partial charge in [0, 0.05) is 17.9 Å². The molecule has 2 aromatic carbocycles. The zero-order chi connectivity index (χ0) is 16.7. The molecule has 1 N–H and O–H groups in total. The van der Waals surface area contributed by atoms with Gasteiger partial charge in [-0.2, -0.15) is 11.8 Å². The summed E-state index contributed by atoms with van der Waals surface area (Å²) < 4.78 is 0. The Morgan fingerprint density at radius 1 is 1.13 bits per heavy atom. The fourth-order valence-corrected chi connectivity index (χ4v) is 3.45. The van der Waals surface area contributed by atoms with Crippen molar-refractivity contribution in [3.63, 3.8) is 0 Å². The Hall–Kier alpha value is -1.74. The van der Waals surface area contributed by atoms with Gasteiger partial charge in [0.05, 0.1) is 6.04 Å². The van der Waals surface area contributed by atoms with E-state index in [1.165, 1.54) is 22.3 Å². The van der Waals surface area contributed by atoms with E-state index in [4.69, 9.17) is 0 Å². The van der Waals surface area contributed by atoms with Gasteiger partial charge in [0.25, 0.3) is 0 Å². The summed E-state index contributed by atoms with van der Waals surface area (Å²) in [5.74, 6) is 1.93. The molecule has 0 aliphatic rings. The van der Waals surface area contributed by atoms with Gasteiger partial charge in [0.2, 0.25) is 5.91 Å². The topological polar surface area (TPSA) is 29.1 Å². The van der Waals surface area contributed by atoms with Crippen LogP contribution in [0.15, 0.2) is 48.5 Å². The molecule has 0 unspecified atom stereocenters. The third-order valence-electron chi connectivity index (χ3n) is 3.86. The predicted molar refractivity (Wildman–Crippen MR) is 99.7 cm³/mol. The molecule has 0 aliphatic heterocycles. The fourth-order valence-electron chi connectivity index (χ4n) is 2.55. The van der Waals surface area contributed by atoms with Crippen LogP contribution in [0.25, 0.3) is 0 Å². The minimum absolute atomic E-state index is 0.0570. The molecule has 23 heavy (non-hydrogen) atoms. The third-order valence-corrected chi connectivity index (χ3v) is 4.89. The Balaban J connectivity index is 1.75. The molecule has 0 saturated carbocycles. The zero-order valence-corrected chi connectivity index (χ0v) is 15.0. The van der Waals surface area contributed by atoms with Crippen molar-refractivity contribution in [1.82, 2.24) is 5.32 Å². The molecule has 0 heterocycles. The second-order valence-corrected chi connectivity index (χ2v) is 7.04. The van der Waals surface area contributed by atoms with Gasteiger partial charge in [-0.3, -0.25) is 4.79 Å². The van der Waals surface area contributed by atoms with E-state index < -0.39 is 0 Å². The summed E-state index contributed by atoms with van der Waals surface area (Å²) in [6, 6.07) is 16.8. The first-order chi connectivity index (χ1) is 11.1. The minimum Gasteiger partial charge on any atom is -0.350 e. The van der Waals surface area contributed by atoms with Crippen LogP contribution in [0.1, 0.15) is 41.6 Å². The first kappa shape index (κ1) is 17.6. The van der Waals surface area contributed by atoms with Crippen molar-refractivity contribution in [2.24, 2.45) is 0 Å². The Labute approximate surface area is 143 Å². The third kappa shape index (κ3) is 5.76. The standard InChI is InChI=1S/C20H25NOS/c1-15-9-10-16(2)19(13-15)17(3)21-20(22)11-12-23-14-18-7-5-4-6-8-18/h4-10,13,17H,11-12,14H2,1-3H3,(H,21,22)/t17-/m1/s1. The molecule has 2 aromatic rings. The number of hydrogen-bond donors (Lipinski definition) is 1. The van der Waals surface area contributed by atoms with Crippen molar-refractivity contribution in [2.75, 3.05) is 5.75 Å². The number of benzene rings is 2.